The molecular weight excluding hydrogens is 342 g/mol. The van der Waals surface area contributed by atoms with E-state index in [4.69, 9.17) is 0 Å². The maximum atomic E-state index is 12.3. The minimum atomic E-state index is -0.201. The van der Waals surface area contributed by atoms with E-state index in [1.54, 1.807) is 24.3 Å². The fourth-order valence-corrected chi connectivity index (χ4v) is 2.87. The SMILES string of the molecule is Cc1cc(C)n(C[C@H](C)CNC(=O)c2ccc(NC(=O)NC3CC3)cc2)n1. The van der Waals surface area contributed by atoms with Crippen molar-refractivity contribution in [2.24, 2.45) is 5.92 Å². The highest BCUT2D eigenvalue weighted by atomic mass is 16.2. The summed E-state index contributed by atoms with van der Waals surface area (Å²) in [6, 6.07) is 9.06. The van der Waals surface area contributed by atoms with Gasteiger partial charge in [0.25, 0.3) is 5.91 Å². The summed E-state index contributed by atoms with van der Waals surface area (Å²) in [4.78, 5) is 24.1. The van der Waals surface area contributed by atoms with Gasteiger partial charge < -0.3 is 16.0 Å². The smallest absolute Gasteiger partial charge is 0.319 e. The van der Waals surface area contributed by atoms with E-state index in [2.05, 4.69) is 28.0 Å². The van der Waals surface area contributed by atoms with E-state index in [1.807, 2.05) is 24.6 Å². The summed E-state index contributed by atoms with van der Waals surface area (Å²) in [6.07, 6.45) is 2.09. The third kappa shape index (κ3) is 5.57. The van der Waals surface area contributed by atoms with Crippen LogP contribution in [0.3, 0.4) is 0 Å². The van der Waals surface area contributed by atoms with Crippen LogP contribution >= 0.6 is 0 Å². The number of amides is 3. The Hall–Kier alpha value is -2.83. The molecule has 1 aliphatic carbocycles. The molecule has 3 N–H and O–H groups in total. The Labute approximate surface area is 159 Å². The lowest BCUT2D eigenvalue weighted by molar-refractivity contribution is 0.0946. The average Bonchev–Trinajstić information content (AvgIpc) is 3.37. The lowest BCUT2D eigenvalue weighted by Gasteiger charge is -2.14. The average molecular weight is 369 g/mol. The van der Waals surface area contributed by atoms with Crippen LogP contribution in [0.25, 0.3) is 0 Å². The topological polar surface area (TPSA) is 88.0 Å². The van der Waals surface area contributed by atoms with Crippen molar-refractivity contribution in [2.45, 2.75) is 46.2 Å². The Kier molecular flexibility index (Phi) is 5.78. The van der Waals surface area contributed by atoms with Crippen molar-refractivity contribution in [3.63, 3.8) is 0 Å². The predicted molar refractivity (Wildman–Crippen MR) is 105 cm³/mol. The number of aryl methyl sites for hydroxylation is 2. The first-order chi connectivity index (χ1) is 12.9. The molecular formula is C20H27N5O2. The molecule has 27 heavy (non-hydrogen) atoms. The molecule has 1 aliphatic rings. The molecule has 1 aromatic heterocycles. The summed E-state index contributed by atoms with van der Waals surface area (Å²) in [5.41, 5.74) is 3.37. The molecule has 0 unspecified atom stereocenters. The second kappa shape index (κ2) is 8.24. The standard InChI is InChI=1S/C20H27N5O2/c1-13(12-25-15(3)10-14(2)24-25)11-21-19(26)16-4-6-17(7-5-16)22-20(27)23-18-8-9-18/h4-7,10,13,18H,8-9,11-12H2,1-3H3,(H,21,26)(H2,22,23,27)/t13-/m1/s1. The molecule has 1 atom stereocenters. The van der Waals surface area contributed by atoms with Gasteiger partial charge in [0, 0.05) is 36.1 Å². The van der Waals surface area contributed by atoms with E-state index in [-0.39, 0.29) is 17.9 Å². The normalized spacial score (nSPS) is 14.5. The van der Waals surface area contributed by atoms with Crippen LogP contribution in [0.5, 0.6) is 0 Å². The number of carbonyl (C=O) groups excluding carboxylic acids is 2. The highest BCUT2D eigenvalue weighted by molar-refractivity contribution is 5.95. The third-order valence-corrected chi connectivity index (χ3v) is 4.52. The number of carbonyl (C=O) groups is 2. The molecule has 2 aromatic rings. The Morgan fingerprint density at radius 2 is 1.93 bits per heavy atom. The van der Waals surface area contributed by atoms with E-state index >= 15 is 0 Å². The van der Waals surface area contributed by atoms with Gasteiger partial charge in [0.05, 0.1) is 5.69 Å². The van der Waals surface area contributed by atoms with Crippen molar-refractivity contribution in [2.75, 3.05) is 11.9 Å². The number of hydrogen-bond acceptors (Lipinski definition) is 3. The number of aromatic nitrogens is 2. The van der Waals surface area contributed by atoms with Crippen LogP contribution in [-0.4, -0.2) is 34.3 Å². The third-order valence-electron chi connectivity index (χ3n) is 4.52. The van der Waals surface area contributed by atoms with Crippen molar-refractivity contribution in [3.8, 4) is 0 Å². The molecule has 0 radical (unpaired) electrons. The van der Waals surface area contributed by atoms with E-state index in [9.17, 15) is 9.59 Å². The maximum absolute atomic E-state index is 12.3. The molecule has 0 spiro atoms. The number of hydrogen-bond donors (Lipinski definition) is 3. The van der Waals surface area contributed by atoms with Crippen LogP contribution in [0.4, 0.5) is 10.5 Å². The second-order valence-electron chi connectivity index (χ2n) is 7.37. The minimum Gasteiger partial charge on any atom is -0.352 e. The van der Waals surface area contributed by atoms with Gasteiger partial charge in [-0.15, -0.1) is 0 Å². The van der Waals surface area contributed by atoms with Gasteiger partial charge in [0.1, 0.15) is 0 Å². The molecule has 3 amide bonds. The Balaban J connectivity index is 1.45. The summed E-state index contributed by atoms with van der Waals surface area (Å²) >= 11 is 0. The van der Waals surface area contributed by atoms with Crippen molar-refractivity contribution in [1.82, 2.24) is 20.4 Å². The molecule has 144 valence electrons. The lowest BCUT2D eigenvalue weighted by atomic mass is 10.1. The summed E-state index contributed by atoms with van der Waals surface area (Å²) in [5.74, 6) is 0.142. The van der Waals surface area contributed by atoms with Gasteiger partial charge in [0.2, 0.25) is 0 Å². The van der Waals surface area contributed by atoms with Crippen LogP contribution in [0.15, 0.2) is 30.3 Å². The number of anilines is 1. The van der Waals surface area contributed by atoms with Gasteiger partial charge >= 0.3 is 6.03 Å². The molecule has 7 heteroatoms. The molecule has 1 aromatic carbocycles. The van der Waals surface area contributed by atoms with Gasteiger partial charge in [-0.25, -0.2) is 4.79 Å². The minimum absolute atomic E-state index is 0.121. The summed E-state index contributed by atoms with van der Waals surface area (Å²) < 4.78 is 1.97. The Bertz CT molecular complexity index is 808. The van der Waals surface area contributed by atoms with Crippen molar-refractivity contribution >= 4 is 17.6 Å². The van der Waals surface area contributed by atoms with E-state index in [0.29, 0.717) is 23.8 Å². The molecule has 3 rings (SSSR count). The first-order valence-corrected chi connectivity index (χ1v) is 9.37. The van der Waals surface area contributed by atoms with Crippen LogP contribution in [0.1, 0.15) is 41.5 Å². The number of nitrogens with zero attached hydrogens (tertiary/aromatic N) is 2. The molecule has 1 fully saturated rings. The summed E-state index contributed by atoms with van der Waals surface area (Å²) in [7, 11) is 0. The molecule has 7 nitrogen and oxygen atoms in total. The second-order valence-corrected chi connectivity index (χ2v) is 7.37. The fourth-order valence-electron chi connectivity index (χ4n) is 2.87. The maximum Gasteiger partial charge on any atom is 0.319 e. The van der Waals surface area contributed by atoms with Crippen LogP contribution in [0.2, 0.25) is 0 Å². The largest absolute Gasteiger partial charge is 0.352 e. The molecule has 0 bridgehead atoms. The zero-order valence-corrected chi connectivity index (χ0v) is 16.1. The summed E-state index contributed by atoms with van der Waals surface area (Å²) in [5, 5.41) is 13.0. The van der Waals surface area contributed by atoms with Crippen LogP contribution < -0.4 is 16.0 Å². The number of rotatable bonds is 7. The van der Waals surface area contributed by atoms with Crippen molar-refractivity contribution < 1.29 is 9.59 Å². The van der Waals surface area contributed by atoms with E-state index in [1.165, 1.54) is 0 Å². The number of benzene rings is 1. The predicted octanol–water partition coefficient (Wildman–Crippen LogP) is 2.85. The van der Waals surface area contributed by atoms with Gasteiger partial charge in [-0.1, -0.05) is 6.92 Å². The monoisotopic (exact) mass is 369 g/mol. The Morgan fingerprint density at radius 3 is 2.52 bits per heavy atom. The quantitative estimate of drug-likeness (QED) is 0.701. The zero-order valence-electron chi connectivity index (χ0n) is 16.1. The van der Waals surface area contributed by atoms with Gasteiger partial charge in [-0.2, -0.15) is 5.10 Å². The van der Waals surface area contributed by atoms with Crippen molar-refractivity contribution in [3.05, 3.63) is 47.3 Å². The molecule has 1 heterocycles. The van der Waals surface area contributed by atoms with Gasteiger partial charge in [-0.05, 0) is 62.9 Å². The van der Waals surface area contributed by atoms with Crippen LogP contribution in [0, 0.1) is 19.8 Å². The van der Waals surface area contributed by atoms with Gasteiger partial charge in [-0.3, -0.25) is 9.48 Å². The molecule has 1 saturated carbocycles. The first kappa shape index (κ1) is 18.9. The highest BCUT2D eigenvalue weighted by Crippen LogP contribution is 2.19. The Morgan fingerprint density at radius 1 is 1.22 bits per heavy atom. The molecule has 0 aliphatic heterocycles. The highest BCUT2D eigenvalue weighted by Gasteiger charge is 2.23. The van der Waals surface area contributed by atoms with E-state index < -0.39 is 0 Å². The summed E-state index contributed by atoms with van der Waals surface area (Å²) in [6.45, 7) is 7.43. The van der Waals surface area contributed by atoms with Gasteiger partial charge in [0.15, 0.2) is 0 Å². The number of nitrogens with one attached hydrogen (secondary N) is 3. The van der Waals surface area contributed by atoms with E-state index in [0.717, 1.165) is 30.8 Å². The first-order valence-electron chi connectivity index (χ1n) is 9.37. The fraction of sp³-hybridized carbons (Fsp3) is 0.450. The van der Waals surface area contributed by atoms with Crippen LogP contribution in [-0.2, 0) is 6.54 Å². The number of urea groups is 1. The van der Waals surface area contributed by atoms with Crippen molar-refractivity contribution in [1.29, 1.82) is 0 Å². The lowest BCUT2D eigenvalue weighted by Crippen LogP contribution is -2.31. The zero-order chi connectivity index (χ0) is 19.4. The molecule has 0 saturated heterocycles.